The van der Waals surface area contributed by atoms with Crippen LogP contribution in [0.25, 0.3) is 6.08 Å². The average molecular weight is 298 g/mol. The summed E-state index contributed by atoms with van der Waals surface area (Å²) in [5.41, 5.74) is 0.704. The van der Waals surface area contributed by atoms with E-state index in [1.165, 1.54) is 19.3 Å². The maximum absolute atomic E-state index is 11.4. The number of carbonyl (C=O) groups is 2. The van der Waals surface area contributed by atoms with E-state index < -0.39 is 5.97 Å². The molecule has 1 N–H and O–H groups in total. The minimum atomic E-state index is -0.605. The second-order valence-corrected chi connectivity index (χ2v) is 4.21. The molecule has 20 heavy (non-hydrogen) atoms. The zero-order chi connectivity index (χ0) is 14.8. The number of ether oxygens (including phenoxy) is 2. The minimum Gasteiger partial charge on any atom is -0.452 e. The highest BCUT2D eigenvalue weighted by atomic mass is 35.5. The van der Waals surface area contributed by atoms with Gasteiger partial charge in [0, 0.05) is 24.8 Å². The van der Waals surface area contributed by atoms with Gasteiger partial charge in [-0.3, -0.25) is 4.79 Å². The van der Waals surface area contributed by atoms with Crippen molar-refractivity contribution in [3.05, 3.63) is 40.9 Å². The number of halogens is 1. The van der Waals surface area contributed by atoms with Gasteiger partial charge < -0.3 is 14.8 Å². The number of carbonyl (C=O) groups excluding carboxylic acids is 2. The first-order valence-corrected chi connectivity index (χ1v) is 6.36. The van der Waals surface area contributed by atoms with Crippen LogP contribution in [0.5, 0.6) is 0 Å². The van der Waals surface area contributed by atoms with E-state index in [1.807, 2.05) is 0 Å². The van der Waals surface area contributed by atoms with Gasteiger partial charge in [0.2, 0.25) is 0 Å². The summed E-state index contributed by atoms with van der Waals surface area (Å²) in [6.45, 7) is 0.462. The van der Waals surface area contributed by atoms with E-state index in [4.69, 9.17) is 21.1 Å². The van der Waals surface area contributed by atoms with Gasteiger partial charge in [-0.1, -0.05) is 29.8 Å². The normalized spacial score (nSPS) is 10.5. The van der Waals surface area contributed by atoms with Crippen LogP contribution in [0.4, 0.5) is 0 Å². The van der Waals surface area contributed by atoms with Crippen molar-refractivity contribution in [2.24, 2.45) is 0 Å². The molecule has 5 nitrogen and oxygen atoms in total. The number of benzene rings is 1. The molecule has 1 aromatic carbocycles. The van der Waals surface area contributed by atoms with E-state index in [0.717, 1.165) is 0 Å². The van der Waals surface area contributed by atoms with Crippen molar-refractivity contribution in [1.82, 2.24) is 5.32 Å². The van der Waals surface area contributed by atoms with Gasteiger partial charge in [0.25, 0.3) is 5.91 Å². The lowest BCUT2D eigenvalue weighted by atomic mass is 10.2. The van der Waals surface area contributed by atoms with Crippen LogP contribution in [0.2, 0.25) is 5.02 Å². The Morgan fingerprint density at radius 2 is 2.10 bits per heavy atom. The van der Waals surface area contributed by atoms with Crippen molar-refractivity contribution >= 4 is 29.6 Å². The molecule has 0 heterocycles. The summed E-state index contributed by atoms with van der Waals surface area (Å²) >= 11 is 5.93. The zero-order valence-corrected chi connectivity index (χ0v) is 11.9. The van der Waals surface area contributed by atoms with Crippen LogP contribution in [0.1, 0.15) is 5.56 Å². The zero-order valence-electron chi connectivity index (χ0n) is 11.1. The van der Waals surface area contributed by atoms with Gasteiger partial charge in [0.15, 0.2) is 6.61 Å². The quantitative estimate of drug-likeness (QED) is 0.472. The Kier molecular flexibility index (Phi) is 7.39. The average Bonchev–Trinajstić information content (AvgIpc) is 2.44. The van der Waals surface area contributed by atoms with Gasteiger partial charge in [0.1, 0.15) is 0 Å². The van der Waals surface area contributed by atoms with Crippen LogP contribution < -0.4 is 5.32 Å². The maximum Gasteiger partial charge on any atom is 0.331 e. The number of nitrogens with one attached hydrogen (secondary N) is 1. The predicted octanol–water partition coefficient (Wildman–Crippen LogP) is 1.66. The Bertz CT molecular complexity index is 488. The first-order chi connectivity index (χ1) is 9.63. The third-order valence-corrected chi connectivity index (χ3v) is 2.62. The van der Waals surface area contributed by atoms with Gasteiger partial charge in [0.05, 0.1) is 6.61 Å². The van der Waals surface area contributed by atoms with Gasteiger partial charge in [-0.15, -0.1) is 0 Å². The second kappa shape index (κ2) is 9.12. The van der Waals surface area contributed by atoms with Crippen molar-refractivity contribution in [3.63, 3.8) is 0 Å². The Balaban J connectivity index is 2.33. The SMILES string of the molecule is COCCNC(=O)COC(=O)/C=C/c1ccccc1Cl. The number of amides is 1. The topological polar surface area (TPSA) is 64.6 Å². The molecule has 1 aromatic rings. The fourth-order valence-electron chi connectivity index (χ4n) is 1.30. The largest absolute Gasteiger partial charge is 0.452 e. The molecule has 0 bridgehead atoms. The highest BCUT2D eigenvalue weighted by Gasteiger charge is 2.04. The molecular weight excluding hydrogens is 282 g/mol. The molecule has 108 valence electrons. The number of rotatable bonds is 7. The Morgan fingerprint density at radius 1 is 1.35 bits per heavy atom. The molecule has 0 aliphatic heterocycles. The van der Waals surface area contributed by atoms with Crippen LogP contribution in [0, 0.1) is 0 Å². The van der Waals surface area contributed by atoms with Crippen molar-refractivity contribution in [2.75, 3.05) is 26.9 Å². The lowest BCUT2D eigenvalue weighted by molar-refractivity contribution is -0.143. The van der Waals surface area contributed by atoms with Crippen molar-refractivity contribution in [1.29, 1.82) is 0 Å². The molecule has 6 heteroatoms. The maximum atomic E-state index is 11.4. The summed E-state index contributed by atoms with van der Waals surface area (Å²) < 4.78 is 9.54. The van der Waals surface area contributed by atoms with E-state index in [0.29, 0.717) is 23.7 Å². The summed E-state index contributed by atoms with van der Waals surface area (Å²) in [6.07, 6.45) is 2.76. The first kappa shape index (κ1) is 16.2. The van der Waals surface area contributed by atoms with Crippen LogP contribution >= 0.6 is 11.6 Å². The van der Waals surface area contributed by atoms with E-state index >= 15 is 0 Å². The van der Waals surface area contributed by atoms with Gasteiger partial charge in [-0.25, -0.2) is 4.79 Å². The molecule has 0 aromatic heterocycles. The molecule has 0 fully saturated rings. The monoisotopic (exact) mass is 297 g/mol. The van der Waals surface area contributed by atoms with Crippen LogP contribution in [-0.2, 0) is 19.1 Å². The van der Waals surface area contributed by atoms with Gasteiger partial charge in [-0.05, 0) is 17.7 Å². The van der Waals surface area contributed by atoms with Gasteiger partial charge in [-0.2, -0.15) is 0 Å². The molecule has 0 spiro atoms. The summed E-state index contributed by atoms with van der Waals surface area (Å²) in [6, 6.07) is 7.09. The molecule has 0 aliphatic rings. The highest BCUT2D eigenvalue weighted by Crippen LogP contribution is 2.16. The molecule has 0 radical (unpaired) electrons. The van der Waals surface area contributed by atoms with E-state index in [1.54, 1.807) is 24.3 Å². The lowest BCUT2D eigenvalue weighted by Crippen LogP contribution is -2.31. The molecule has 0 atom stereocenters. The number of hydrogen-bond donors (Lipinski definition) is 1. The molecule has 1 rings (SSSR count). The third kappa shape index (κ3) is 6.36. The molecule has 1 amide bonds. The predicted molar refractivity (Wildman–Crippen MR) is 76.3 cm³/mol. The summed E-state index contributed by atoms with van der Waals surface area (Å²) in [5.74, 6) is -0.978. The molecule has 0 unspecified atom stereocenters. The molecule has 0 saturated carbocycles. The van der Waals surface area contributed by atoms with Crippen molar-refractivity contribution in [3.8, 4) is 0 Å². The standard InChI is InChI=1S/C14H16ClNO4/c1-19-9-8-16-13(17)10-20-14(18)7-6-11-4-2-3-5-12(11)15/h2-7H,8-10H2,1H3,(H,16,17)/b7-6+. The Hall–Kier alpha value is -1.85. The Labute approximate surface area is 122 Å². The number of esters is 1. The minimum absolute atomic E-state index is 0.324. The first-order valence-electron chi connectivity index (χ1n) is 5.98. The van der Waals surface area contributed by atoms with Crippen LogP contribution in [0.15, 0.2) is 30.3 Å². The number of methoxy groups -OCH3 is 1. The van der Waals surface area contributed by atoms with Crippen LogP contribution in [0.3, 0.4) is 0 Å². The van der Waals surface area contributed by atoms with Crippen molar-refractivity contribution < 1.29 is 19.1 Å². The smallest absolute Gasteiger partial charge is 0.331 e. The third-order valence-electron chi connectivity index (χ3n) is 2.28. The van der Waals surface area contributed by atoms with E-state index in [-0.39, 0.29) is 12.5 Å². The van der Waals surface area contributed by atoms with Gasteiger partial charge >= 0.3 is 5.97 Å². The Morgan fingerprint density at radius 3 is 2.80 bits per heavy atom. The lowest BCUT2D eigenvalue weighted by Gasteiger charge is -2.04. The summed E-state index contributed by atoms with van der Waals surface area (Å²) in [7, 11) is 1.53. The molecule has 0 aliphatic carbocycles. The highest BCUT2D eigenvalue weighted by molar-refractivity contribution is 6.32. The molecular formula is C14H16ClNO4. The van der Waals surface area contributed by atoms with Crippen molar-refractivity contribution in [2.45, 2.75) is 0 Å². The molecule has 0 saturated heterocycles. The summed E-state index contributed by atoms with van der Waals surface area (Å²) in [5, 5.41) is 3.07. The summed E-state index contributed by atoms with van der Waals surface area (Å²) in [4.78, 5) is 22.7. The second-order valence-electron chi connectivity index (χ2n) is 3.81. The van der Waals surface area contributed by atoms with E-state index in [2.05, 4.69) is 5.32 Å². The van der Waals surface area contributed by atoms with E-state index in [9.17, 15) is 9.59 Å². The fourth-order valence-corrected chi connectivity index (χ4v) is 1.50. The fraction of sp³-hybridized carbons (Fsp3) is 0.286. The van der Waals surface area contributed by atoms with Crippen LogP contribution in [-0.4, -0.2) is 38.7 Å². The number of hydrogen-bond acceptors (Lipinski definition) is 4.